The van der Waals surface area contributed by atoms with Crippen LogP contribution < -0.4 is 5.32 Å². The molecule has 1 aromatic rings. The summed E-state index contributed by atoms with van der Waals surface area (Å²) in [5.41, 5.74) is 0.655. The average molecular weight is 153 g/mol. The number of hydrogen-bond acceptors (Lipinski definition) is 3. The van der Waals surface area contributed by atoms with Crippen molar-refractivity contribution in [3.63, 3.8) is 0 Å². The van der Waals surface area contributed by atoms with Crippen molar-refractivity contribution in [3.05, 3.63) is 24.3 Å². The van der Waals surface area contributed by atoms with E-state index in [9.17, 15) is 4.79 Å². The Balaban J connectivity index is 2.45. The highest BCUT2D eigenvalue weighted by atomic mass is 16.4. The molecule has 0 aromatic carbocycles. The van der Waals surface area contributed by atoms with Crippen molar-refractivity contribution in [1.82, 2.24) is 15.3 Å². The molecule has 5 heteroatoms. The summed E-state index contributed by atoms with van der Waals surface area (Å²) >= 11 is 0. The Morgan fingerprint density at radius 3 is 3.09 bits per heavy atom. The van der Waals surface area contributed by atoms with Crippen LogP contribution >= 0.6 is 0 Å². The van der Waals surface area contributed by atoms with Gasteiger partial charge in [-0.15, -0.1) is 0 Å². The molecule has 0 aliphatic carbocycles. The van der Waals surface area contributed by atoms with Crippen molar-refractivity contribution < 1.29 is 9.90 Å². The molecule has 0 radical (unpaired) electrons. The number of nitrogens with zero attached hydrogens (tertiary/aromatic N) is 2. The fraction of sp³-hybridized carbons (Fsp3) is 0.167. The van der Waals surface area contributed by atoms with Gasteiger partial charge in [0, 0.05) is 6.20 Å². The Morgan fingerprint density at radius 1 is 1.73 bits per heavy atom. The van der Waals surface area contributed by atoms with E-state index in [-0.39, 0.29) is 6.54 Å². The summed E-state index contributed by atoms with van der Waals surface area (Å²) < 4.78 is 0. The summed E-state index contributed by atoms with van der Waals surface area (Å²) in [5.74, 6) is 0. The summed E-state index contributed by atoms with van der Waals surface area (Å²) in [4.78, 5) is 17.5. The summed E-state index contributed by atoms with van der Waals surface area (Å²) in [5, 5.41) is 10.4. The van der Waals surface area contributed by atoms with E-state index in [1.807, 2.05) is 0 Å². The van der Waals surface area contributed by atoms with E-state index in [1.165, 1.54) is 6.33 Å². The zero-order valence-electron chi connectivity index (χ0n) is 5.69. The fourth-order valence-corrected chi connectivity index (χ4v) is 0.589. The lowest BCUT2D eigenvalue weighted by molar-refractivity contribution is 0.194. The fourth-order valence-electron chi connectivity index (χ4n) is 0.589. The van der Waals surface area contributed by atoms with Crippen LogP contribution in [0.4, 0.5) is 4.79 Å². The number of carbonyl (C=O) groups is 1. The van der Waals surface area contributed by atoms with Crippen molar-refractivity contribution in [1.29, 1.82) is 0 Å². The van der Waals surface area contributed by atoms with Crippen molar-refractivity contribution in [2.45, 2.75) is 6.54 Å². The van der Waals surface area contributed by atoms with Crippen LogP contribution in [-0.4, -0.2) is 21.2 Å². The molecule has 1 heterocycles. The Hall–Kier alpha value is -1.65. The van der Waals surface area contributed by atoms with Gasteiger partial charge in [-0.25, -0.2) is 14.8 Å². The van der Waals surface area contributed by atoms with Gasteiger partial charge < -0.3 is 10.4 Å². The maximum absolute atomic E-state index is 10.0. The first-order valence-corrected chi connectivity index (χ1v) is 3.01. The molecular formula is C6H7N3O2. The van der Waals surface area contributed by atoms with Crippen molar-refractivity contribution >= 4 is 6.09 Å². The van der Waals surface area contributed by atoms with Gasteiger partial charge in [0.15, 0.2) is 0 Å². The molecule has 0 saturated heterocycles. The number of aromatic nitrogens is 2. The number of nitrogens with one attached hydrogen (secondary N) is 1. The molecule has 11 heavy (non-hydrogen) atoms. The van der Waals surface area contributed by atoms with E-state index in [0.717, 1.165) is 0 Å². The lowest BCUT2D eigenvalue weighted by Crippen LogP contribution is -2.20. The number of amides is 1. The highest BCUT2D eigenvalue weighted by Gasteiger charge is 1.95. The second-order valence-corrected chi connectivity index (χ2v) is 1.86. The largest absolute Gasteiger partial charge is 0.465 e. The van der Waals surface area contributed by atoms with Crippen molar-refractivity contribution in [2.24, 2.45) is 0 Å². The molecule has 5 nitrogen and oxygen atoms in total. The molecule has 0 fully saturated rings. The van der Waals surface area contributed by atoms with Gasteiger partial charge in [-0.2, -0.15) is 0 Å². The second kappa shape index (κ2) is 3.50. The lowest BCUT2D eigenvalue weighted by Gasteiger charge is -1.97. The Labute approximate surface area is 63.1 Å². The highest BCUT2D eigenvalue weighted by molar-refractivity contribution is 5.64. The highest BCUT2D eigenvalue weighted by Crippen LogP contribution is 1.88. The molecule has 58 valence electrons. The van der Waals surface area contributed by atoms with E-state index < -0.39 is 6.09 Å². The number of carboxylic acid groups (broad SMARTS) is 1. The Bertz CT molecular complexity index is 237. The molecule has 0 aliphatic heterocycles. The smallest absolute Gasteiger partial charge is 0.404 e. The molecule has 2 N–H and O–H groups in total. The van der Waals surface area contributed by atoms with Crippen molar-refractivity contribution in [2.75, 3.05) is 0 Å². The predicted molar refractivity (Wildman–Crippen MR) is 36.9 cm³/mol. The van der Waals surface area contributed by atoms with Gasteiger partial charge >= 0.3 is 6.09 Å². The molecule has 0 aliphatic rings. The van der Waals surface area contributed by atoms with Crippen LogP contribution in [0.3, 0.4) is 0 Å². The normalized spacial score (nSPS) is 9.09. The summed E-state index contributed by atoms with van der Waals surface area (Å²) in [6.45, 7) is 0.220. The quantitative estimate of drug-likeness (QED) is 0.638. The van der Waals surface area contributed by atoms with Crippen LogP contribution in [0.5, 0.6) is 0 Å². The predicted octanol–water partition coefficient (Wildman–Crippen LogP) is 0.244. The van der Waals surface area contributed by atoms with E-state index in [1.54, 1.807) is 12.3 Å². The van der Waals surface area contributed by atoms with Crippen LogP contribution in [0.25, 0.3) is 0 Å². The zero-order chi connectivity index (χ0) is 8.10. The first-order chi connectivity index (χ1) is 5.29. The van der Waals surface area contributed by atoms with Gasteiger partial charge in [0.05, 0.1) is 12.2 Å². The SMILES string of the molecule is O=C(O)NCc1ccncn1. The van der Waals surface area contributed by atoms with E-state index >= 15 is 0 Å². The molecule has 0 unspecified atom stereocenters. The average Bonchev–Trinajstić information content (AvgIpc) is 2.03. The third-order valence-corrected chi connectivity index (χ3v) is 1.06. The molecule has 0 saturated carbocycles. The molecule has 0 bridgehead atoms. The number of rotatable bonds is 2. The monoisotopic (exact) mass is 153 g/mol. The molecular weight excluding hydrogens is 146 g/mol. The Morgan fingerprint density at radius 2 is 2.55 bits per heavy atom. The zero-order valence-corrected chi connectivity index (χ0v) is 5.69. The topological polar surface area (TPSA) is 75.1 Å². The van der Waals surface area contributed by atoms with E-state index in [0.29, 0.717) is 5.69 Å². The first-order valence-electron chi connectivity index (χ1n) is 3.01. The standard InChI is InChI=1S/C6H7N3O2/c10-6(11)8-3-5-1-2-7-4-9-5/h1-2,4,8H,3H2,(H,10,11). The van der Waals surface area contributed by atoms with Gasteiger partial charge in [0.2, 0.25) is 0 Å². The minimum Gasteiger partial charge on any atom is -0.465 e. The minimum absolute atomic E-state index is 0.220. The van der Waals surface area contributed by atoms with Gasteiger partial charge in [0.25, 0.3) is 0 Å². The summed E-state index contributed by atoms with van der Waals surface area (Å²) in [6, 6.07) is 1.65. The van der Waals surface area contributed by atoms with Crippen LogP contribution in [0.15, 0.2) is 18.6 Å². The maximum atomic E-state index is 10.0. The van der Waals surface area contributed by atoms with Gasteiger partial charge in [-0.05, 0) is 6.07 Å². The third kappa shape index (κ3) is 2.61. The van der Waals surface area contributed by atoms with E-state index in [2.05, 4.69) is 15.3 Å². The van der Waals surface area contributed by atoms with Crippen molar-refractivity contribution in [3.8, 4) is 0 Å². The lowest BCUT2D eigenvalue weighted by atomic mass is 10.4. The first kappa shape index (κ1) is 7.46. The van der Waals surface area contributed by atoms with Crippen LogP contribution in [0.1, 0.15) is 5.69 Å². The third-order valence-electron chi connectivity index (χ3n) is 1.06. The van der Waals surface area contributed by atoms with Gasteiger partial charge in [-0.3, -0.25) is 0 Å². The summed E-state index contributed by atoms with van der Waals surface area (Å²) in [6.07, 6.45) is 1.88. The maximum Gasteiger partial charge on any atom is 0.404 e. The molecule has 1 rings (SSSR count). The Kier molecular flexibility index (Phi) is 2.37. The molecule has 0 atom stereocenters. The second-order valence-electron chi connectivity index (χ2n) is 1.86. The summed E-state index contributed by atoms with van der Waals surface area (Å²) in [7, 11) is 0. The minimum atomic E-state index is -1.05. The number of hydrogen-bond donors (Lipinski definition) is 2. The van der Waals surface area contributed by atoms with Gasteiger partial charge in [-0.1, -0.05) is 0 Å². The molecule has 1 amide bonds. The van der Waals surface area contributed by atoms with Crippen LogP contribution in [-0.2, 0) is 6.54 Å². The molecule has 0 spiro atoms. The van der Waals surface area contributed by atoms with Crippen LogP contribution in [0.2, 0.25) is 0 Å². The molecule has 1 aromatic heterocycles. The van der Waals surface area contributed by atoms with Crippen LogP contribution in [0, 0.1) is 0 Å². The van der Waals surface area contributed by atoms with E-state index in [4.69, 9.17) is 5.11 Å². The van der Waals surface area contributed by atoms with Gasteiger partial charge in [0.1, 0.15) is 6.33 Å².